The topological polar surface area (TPSA) is 73.2 Å². The van der Waals surface area contributed by atoms with Crippen LogP contribution >= 0.6 is 12.4 Å². The molecule has 21 heavy (non-hydrogen) atoms. The Morgan fingerprint density at radius 3 is 2.76 bits per heavy atom. The van der Waals surface area contributed by atoms with Gasteiger partial charge in [-0.25, -0.2) is 8.42 Å². The Bertz CT molecular complexity index is 640. The lowest BCUT2D eigenvalue weighted by molar-refractivity contribution is 0.451. The van der Waals surface area contributed by atoms with Crippen LogP contribution in [0.25, 0.3) is 0 Å². The van der Waals surface area contributed by atoms with Crippen molar-refractivity contribution in [2.45, 2.75) is 18.2 Å². The molecule has 1 unspecified atom stereocenters. The molecule has 1 N–H and O–H groups in total. The second-order valence-corrected chi connectivity index (χ2v) is 7.07. The SMILES string of the molecule is CNCC1CCN(S(=O)(=O)c2ccc(C#N)cc2C)C1.Cl. The number of hydrogen-bond acceptors (Lipinski definition) is 4. The van der Waals surface area contributed by atoms with Gasteiger partial charge < -0.3 is 5.32 Å². The lowest BCUT2D eigenvalue weighted by Crippen LogP contribution is -2.30. The van der Waals surface area contributed by atoms with Gasteiger partial charge >= 0.3 is 0 Å². The molecule has 1 aliphatic heterocycles. The maximum atomic E-state index is 12.6. The van der Waals surface area contributed by atoms with Crippen LogP contribution in [0.2, 0.25) is 0 Å². The molecule has 1 fully saturated rings. The Balaban J connectivity index is 0.00000220. The predicted octanol–water partition coefficient (Wildman–Crippen LogP) is 1.52. The monoisotopic (exact) mass is 329 g/mol. The molecule has 0 radical (unpaired) electrons. The van der Waals surface area contributed by atoms with Crippen LogP contribution in [0.3, 0.4) is 0 Å². The van der Waals surface area contributed by atoms with Crippen molar-refractivity contribution in [3.05, 3.63) is 29.3 Å². The zero-order valence-electron chi connectivity index (χ0n) is 12.2. The minimum Gasteiger partial charge on any atom is -0.319 e. The third-order valence-electron chi connectivity index (χ3n) is 3.66. The molecule has 0 amide bonds. The molecule has 0 aliphatic carbocycles. The standard InChI is InChI=1S/C14H19N3O2S.ClH/c1-11-7-12(8-15)3-4-14(11)20(18,19)17-6-5-13(10-17)9-16-2;/h3-4,7,13,16H,5-6,9-10H2,1-2H3;1H. The highest BCUT2D eigenvalue weighted by Gasteiger charge is 2.32. The van der Waals surface area contributed by atoms with E-state index < -0.39 is 10.0 Å². The molecule has 116 valence electrons. The molecule has 1 atom stereocenters. The van der Waals surface area contributed by atoms with Gasteiger partial charge in [-0.15, -0.1) is 12.4 Å². The number of sulfonamides is 1. The molecular formula is C14H20ClN3O2S. The van der Waals surface area contributed by atoms with Gasteiger partial charge in [-0.2, -0.15) is 9.57 Å². The fraction of sp³-hybridized carbons (Fsp3) is 0.500. The number of hydrogen-bond donors (Lipinski definition) is 1. The maximum Gasteiger partial charge on any atom is 0.243 e. The molecular weight excluding hydrogens is 310 g/mol. The number of aryl methyl sites for hydroxylation is 1. The third-order valence-corrected chi connectivity index (χ3v) is 5.69. The first kappa shape index (κ1) is 17.9. The highest BCUT2D eigenvalue weighted by Crippen LogP contribution is 2.26. The summed E-state index contributed by atoms with van der Waals surface area (Å²) in [6.07, 6.45) is 0.884. The van der Waals surface area contributed by atoms with Crippen LogP contribution in [0.15, 0.2) is 23.1 Å². The Kier molecular flexibility index (Phi) is 6.17. The molecule has 5 nitrogen and oxygen atoms in total. The smallest absolute Gasteiger partial charge is 0.243 e. The van der Waals surface area contributed by atoms with Crippen molar-refractivity contribution in [3.8, 4) is 6.07 Å². The molecule has 1 aromatic rings. The van der Waals surface area contributed by atoms with Crippen molar-refractivity contribution >= 4 is 22.4 Å². The van der Waals surface area contributed by atoms with Gasteiger partial charge in [0, 0.05) is 13.1 Å². The minimum atomic E-state index is -3.45. The third kappa shape index (κ3) is 3.74. The Labute approximate surface area is 132 Å². The molecule has 0 aromatic heterocycles. The normalized spacial score (nSPS) is 19.0. The van der Waals surface area contributed by atoms with E-state index in [4.69, 9.17) is 5.26 Å². The van der Waals surface area contributed by atoms with Crippen molar-refractivity contribution in [1.82, 2.24) is 9.62 Å². The van der Waals surface area contributed by atoms with Gasteiger partial charge in [-0.1, -0.05) is 0 Å². The summed E-state index contributed by atoms with van der Waals surface area (Å²) < 4.78 is 26.8. The highest BCUT2D eigenvalue weighted by molar-refractivity contribution is 7.89. The molecule has 7 heteroatoms. The number of benzene rings is 1. The lowest BCUT2D eigenvalue weighted by atomic mass is 10.1. The first-order valence-electron chi connectivity index (χ1n) is 6.64. The zero-order chi connectivity index (χ0) is 14.8. The molecule has 1 heterocycles. The van der Waals surface area contributed by atoms with Crippen LogP contribution < -0.4 is 5.32 Å². The van der Waals surface area contributed by atoms with E-state index in [1.807, 2.05) is 13.1 Å². The zero-order valence-corrected chi connectivity index (χ0v) is 13.8. The van der Waals surface area contributed by atoms with E-state index in [0.29, 0.717) is 35.0 Å². The molecule has 0 bridgehead atoms. The van der Waals surface area contributed by atoms with Crippen LogP contribution in [-0.4, -0.2) is 39.4 Å². The van der Waals surface area contributed by atoms with Crippen molar-refractivity contribution in [1.29, 1.82) is 5.26 Å². The second kappa shape index (κ2) is 7.23. The van der Waals surface area contributed by atoms with Crippen LogP contribution in [0.5, 0.6) is 0 Å². The lowest BCUT2D eigenvalue weighted by Gasteiger charge is -2.18. The Morgan fingerprint density at radius 2 is 2.19 bits per heavy atom. The summed E-state index contributed by atoms with van der Waals surface area (Å²) in [5.41, 5.74) is 1.11. The van der Waals surface area contributed by atoms with E-state index in [-0.39, 0.29) is 12.4 Å². The number of nitrogens with one attached hydrogen (secondary N) is 1. The van der Waals surface area contributed by atoms with Crippen molar-refractivity contribution in [2.75, 3.05) is 26.7 Å². The summed E-state index contributed by atoms with van der Waals surface area (Å²) >= 11 is 0. The van der Waals surface area contributed by atoms with Crippen molar-refractivity contribution < 1.29 is 8.42 Å². The molecule has 1 saturated heterocycles. The highest BCUT2D eigenvalue weighted by atomic mass is 35.5. The summed E-state index contributed by atoms with van der Waals surface area (Å²) in [6, 6.07) is 6.74. The summed E-state index contributed by atoms with van der Waals surface area (Å²) in [7, 11) is -1.57. The number of halogens is 1. The fourth-order valence-corrected chi connectivity index (χ4v) is 4.36. The summed E-state index contributed by atoms with van der Waals surface area (Å²) in [5.74, 6) is 0.369. The first-order chi connectivity index (χ1) is 9.48. The number of nitriles is 1. The molecule has 0 spiro atoms. The average molecular weight is 330 g/mol. The Hall–Kier alpha value is -1.13. The number of nitrogens with zero attached hydrogens (tertiary/aromatic N) is 2. The van der Waals surface area contributed by atoms with E-state index in [2.05, 4.69) is 5.32 Å². The maximum absolute atomic E-state index is 12.6. The second-order valence-electron chi connectivity index (χ2n) is 5.17. The number of rotatable bonds is 4. The van der Waals surface area contributed by atoms with Gasteiger partial charge in [0.2, 0.25) is 10.0 Å². The van der Waals surface area contributed by atoms with E-state index in [0.717, 1.165) is 13.0 Å². The molecule has 2 rings (SSSR count). The Morgan fingerprint density at radius 1 is 1.48 bits per heavy atom. The summed E-state index contributed by atoms with van der Waals surface area (Å²) in [6.45, 7) is 3.68. The van der Waals surface area contributed by atoms with Crippen LogP contribution in [0, 0.1) is 24.2 Å². The van der Waals surface area contributed by atoms with E-state index in [1.54, 1.807) is 23.4 Å². The summed E-state index contributed by atoms with van der Waals surface area (Å²) in [4.78, 5) is 0.307. The van der Waals surface area contributed by atoms with Crippen LogP contribution in [-0.2, 0) is 10.0 Å². The van der Waals surface area contributed by atoms with Gasteiger partial charge in [0.05, 0.1) is 16.5 Å². The molecule has 0 saturated carbocycles. The first-order valence-corrected chi connectivity index (χ1v) is 8.08. The van der Waals surface area contributed by atoms with Gasteiger partial charge in [0.1, 0.15) is 0 Å². The van der Waals surface area contributed by atoms with Gasteiger partial charge in [-0.3, -0.25) is 0 Å². The van der Waals surface area contributed by atoms with Crippen LogP contribution in [0.1, 0.15) is 17.5 Å². The van der Waals surface area contributed by atoms with Crippen molar-refractivity contribution in [2.24, 2.45) is 5.92 Å². The van der Waals surface area contributed by atoms with Gasteiger partial charge in [0.25, 0.3) is 0 Å². The molecule has 1 aliphatic rings. The largest absolute Gasteiger partial charge is 0.319 e. The van der Waals surface area contributed by atoms with E-state index in [9.17, 15) is 8.42 Å². The predicted molar refractivity (Wildman–Crippen MR) is 83.9 cm³/mol. The summed E-state index contributed by atoms with van der Waals surface area (Å²) in [5, 5.41) is 11.9. The van der Waals surface area contributed by atoms with Gasteiger partial charge in [-0.05, 0) is 56.6 Å². The van der Waals surface area contributed by atoms with Gasteiger partial charge in [0.15, 0.2) is 0 Å². The molecule has 1 aromatic carbocycles. The minimum absolute atomic E-state index is 0. The fourth-order valence-electron chi connectivity index (χ4n) is 2.62. The van der Waals surface area contributed by atoms with Crippen molar-refractivity contribution in [3.63, 3.8) is 0 Å². The quantitative estimate of drug-likeness (QED) is 0.909. The average Bonchev–Trinajstić information content (AvgIpc) is 2.88. The van der Waals surface area contributed by atoms with Crippen LogP contribution in [0.4, 0.5) is 0 Å². The van der Waals surface area contributed by atoms with E-state index >= 15 is 0 Å². The van der Waals surface area contributed by atoms with E-state index in [1.165, 1.54) is 6.07 Å².